The van der Waals surface area contributed by atoms with Gasteiger partial charge in [-0.05, 0) is 36.1 Å². The van der Waals surface area contributed by atoms with Crippen LogP contribution in [0.1, 0.15) is 17.3 Å². The van der Waals surface area contributed by atoms with Gasteiger partial charge in [-0.3, -0.25) is 0 Å². The Bertz CT molecular complexity index is 882. The van der Waals surface area contributed by atoms with Gasteiger partial charge in [-0.1, -0.05) is 36.4 Å². The first-order valence-electron chi connectivity index (χ1n) is 7.72. The van der Waals surface area contributed by atoms with Crippen molar-refractivity contribution in [2.24, 2.45) is 0 Å². The highest BCUT2D eigenvalue weighted by molar-refractivity contribution is 6.07. The molecule has 24 heavy (non-hydrogen) atoms. The first-order valence-corrected chi connectivity index (χ1v) is 7.72. The smallest absolute Gasteiger partial charge is 0.342 e. The number of methoxy groups -OCH3 is 1. The summed E-state index contributed by atoms with van der Waals surface area (Å²) >= 11 is 0. The summed E-state index contributed by atoms with van der Waals surface area (Å²) in [6.45, 7) is 1.98. The molecule has 0 spiro atoms. The second-order valence-corrected chi connectivity index (χ2v) is 5.32. The topological polar surface area (TPSA) is 55.8 Å². The summed E-state index contributed by atoms with van der Waals surface area (Å²) in [7, 11) is 1.60. The summed E-state index contributed by atoms with van der Waals surface area (Å²) in [4.78, 5) is 12.4. The lowest BCUT2D eigenvalue weighted by Gasteiger charge is -2.14. The Labute approximate surface area is 140 Å². The van der Waals surface area contributed by atoms with E-state index in [4.69, 9.17) is 9.47 Å². The predicted molar refractivity (Wildman–Crippen MR) is 93.6 cm³/mol. The van der Waals surface area contributed by atoms with Gasteiger partial charge in [0.1, 0.15) is 17.1 Å². The van der Waals surface area contributed by atoms with Crippen molar-refractivity contribution in [3.63, 3.8) is 0 Å². The van der Waals surface area contributed by atoms with E-state index in [0.29, 0.717) is 10.9 Å². The van der Waals surface area contributed by atoms with Gasteiger partial charge >= 0.3 is 5.97 Å². The van der Waals surface area contributed by atoms with Crippen LogP contribution < -0.4 is 4.74 Å². The maximum Gasteiger partial charge on any atom is 0.342 e. The normalized spacial score (nSPS) is 10.6. The quantitative estimate of drug-likeness (QED) is 0.723. The average Bonchev–Trinajstić information content (AvgIpc) is 2.62. The highest BCUT2D eigenvalue weighted by atomic mass is 16.5. The number of carbonyl (C=O) groups is 1. The van der Waals surface area contributed by atoms with Crippen LogP contribution in [-0.4, -0.2) is 24.8 Å². The Kier molecular flexibility index (Phi) is 4.38. The van der Waals surface area contributed by atoms with Crippen molar-refractivity contribution < 1.29 is 19.4 Å². The molecule has 0 atom stereocenters. The highest BCUT2D eigenvalue weighted by Crippen LogP contribution is 2.38. The fourth-order valence-electron chi connectivity index (χ4n) is 2.74. The van der Waals surface area contributed by atoms with Gasteiger partial charge in [0.05, 0.1) is 13.7 Å². The van der Waals surface area contributed by atoms with Gasteiger partial charge in [-0.15, -0.1) is 0 Å². The van der Waals surface area contributed by atoms with E-state index in [2.05, 4.69) is 0 Å². The number of rotatable bonds is 4. The molecule has 4 nitrogen and oxygen atoms in total. The Morgan fingerprint density at radius 3 is 2.46 bits per heavy atom. The van der Waals surface area contributed by atoms with Gasteiger partial charge in [0.2, 0.25) is 0 Å². The van der Waals surface area contributed by atoms with Crippen molar-refractivity contribution >= 4 is 16.7 Å². The number of hydrogen-bond acceptors (Lipinski definition) is 4. The third kappa shape index (κ3) is 2.78. The van der Waals surface area contributed by atoms with E-state index in [1.54, 1.807) is 20.1 Å². The summed E-state index contributed by atoms with van der Waals surface area (Å²) in [6.07, 6.45) is 0. The van der Waals surface area contributed by atoms with Crippen LogP contribution in [0.25, 0.3) is 21.9 Å². The van der Waals surface area contributed by atoms with E-state index in [0.717, 1.165) is 16.7 Å². The fourth-order valence-corrected chi connectivity index (χ4v) is 2.74. The molecule has 122 valence electrons. The van der Waals surface area contributed by atoms with E-state index in [-0.39, 0.29) is 17.9 Å². The molecule has 0 radical (unpaired) electrons. The van der Waals surface area contributed by atoms with Gasteiger partial charge in [0, 0.05) is 10.9 Å². The SMILES string of the molecule is CCOC(=O)c1c(-c2ccc(OC)cc2)cc2ccccc2c1O. The van der Waals surface area contributed by atoms with Crippen LogP contribution in [0.2, 0.25) is 0 Å². The first kappa shape index (κ1) is 15.9. The van der Waals surface area contributed by atoms with Crippen LogP contribution in [-0.2, 0) is 4.74 Å². The maximum atomic E-state index is 12.4. The molecule has 3 rings (SSSR count). The van der Waals surface area contributed by atoms with E-state index in [9.17, 15) is 9.90 Å². The van der Waals surface area contributed by atoms with E-state index >= 15 is 0 Å². The Hall–Kier alpha value is -3.01. The zero-order chi connectivity index (χ0) is 17.1. The third-order valence-electron chi connectivity index (χ3n) is 3.90. The van der Waals surface area contributed by atoms with Gasteiger partial charge in [-0.2, -0.15) is 0 Å². The molecule has 0 unspecified atom stereocenters. The number of phenolic OH excluding ortho intramolecular Hbond substituents is 1. The number of phenols is 1. The van der Waals surface area contributed by atoms with Crippen molar-refractivity contribution in [2.75, 3.05) is 13.7 Å². The molecule has 0 amide bonds. The summed E-state index contributed by atoms with van der Waals surface area (Å²) in [5.41, 5.74) is 1.62. The standard InChI is InChI=1S/C20H18O4/c1-3-24-20(22)18-17(13-8-10-15(23-2)11-9-13)12-14-6-4-5-7-16(14)19(18)21/h4-12,21H,3H2,1-2H3. The number of benzene rings is 3. The number of fused-ring (bicyclic) bond motifs is 1. The highest BCUT2D eigenvalue weighted by Gasteiger charge is 2.21. The molecule has 0 bridgehead atoms. The third-order valence-corrected chi connectivity index (χ3v) is 3.90. The lowest BCUT2D eigenvalue weighted by molar-refractivity contribution is 0.0524. The summed E-state index contributed by atoms with van der Waals surface area (Å²) in [5, 5.41) is 12.1. The fraction of sp³-hybridized carbons (Fsp3) is 0.150. The number of esters is 1. The lowest BCUT2D eigenvalue weighted by Crippen LogP contribution is -2.07. The number of aromatic hydroxyl groups is 1. The molecular weight excluding hydrogens is 304 g/mol. The molecule has 4 heteroatoms. The Balaban J connectivity index is 2.27. The number of hydrogen-bond donors (Lipinski definition) is 1. The molecule has 0 aliphatic carbocycles. The van der Waals surface area contributed by atoms with E-state index in [1.165, 1.54) is 0 Å². The van der Waals surface area contributed by atoms with Gasteiger partial charge in [0.15, 0.2) is 0 Å². The van der Waals surface area contributed by atoms with E-state index in [1.807, 2.05) is 48.5 Å². The minimum atomic E-state index is -0.536. The second-order valence-electron chi connectivity index (χ2n) is 5.32. The molecule has 0 aliphatic rings. The van der Waals surface area contributed by atoms with Crippen molar-refractivity contribution in [1.82, 2.24) is 0 Å². The zero-order valence-electron chi connectivity index (χ0n) is 13.6. The first-order chi connectivity index (χ1) is 11.7. The van der Waals surface area contributed by atoms with Crippen LogP contribution in [0, 0.1) is 0 Å². The second kappa shape index (κ2) is 6.62. The average molecular weight is 322 g/mol. The number of ether oxygens (including phenoxy) is 2. The molecule has 0 saturated carbocycles. The monoisotopic (exact) mass is 322 g/mol. The van der Waals surface area contributed by atoms with Crippen LogP contribution in [0.3, 0.4) is 0 Å². The molecule has 0 aromatic heterocycles. The van der Waals surface area contributed by atoms with Gasteiger partial charge < -0.3 is 14.6 Å². The molecule has 1 N–H and O–H groups in total. The lowest BCUT2D eigenvalue weighted by atomic mass is 9.94. The predicted octanol–water partition coefficient (Wildman–Crippen LogP) is 4.40. The minimum Gasteiger partial charge on any atom is -0.506 e. The summed E-state index contributed by atoms with van der Waals surface area (Å²) in [5.74, 6) is 0.130. The van der Waals surface area contributed by atoms with Crippen LogP contribution >= 0.6 is 0 Å². The van der Waals surface area contributed by atoms with Crippen LogP contribution in [0.5, 0.6) is 11.5 Å². The van der Waals surface area contributed by atoms with Gasteiger partial charge in [-0.25, -0.2) is 4.79 Å². The molecule has 3 aromatic rings. The molecule has 3 aromatic carbocycles. The van der Waals surface area contributed by atoms with Crippen LogP contribution in [0.15, 0.2) is 54.6 Å². The molecule has 0 saturated heterocycles. The Morgan fingerprint density at radius 2 is 1.79 bits per heavy atom. The van der Waals surface area contributed by atoms with Crippen molar-refractivity contribution in [3.8, 4) is 22.6 Å². The summed E-state index contributed by atoms with van der Waals surface area (Å²) in [6, 6.07) is 16.6. The number of carbonyl (C=O) groups excluding carboxylic acids is 1. The van der Waals surface area contributed by atoms with Crippen LogP contribution in [0.4, 0.5) is 0 Å². The zero-order valence-corrected chi connectivity index (χ0v) is 13.6. The van der Waals surface area contributed by atoms with Crippen molar-refractivity contribution in [2.45, 2.75) is 6.92 Å². The van der Waals surface area contributed by atoms with Crippen molar-refractivity contribution in [1.29, 1.82) is 0 Å². The largest absolute Gasteiger partial charge is 0.506 e. The molecule has 0 aliphatic heterocycles. The minimum absolute atomic E-state index is 0.0580. The molecular formula is C20H18O4. The maximum absolute atomic E-state index is 12.4. The van der Waals surface area contributed by atoms with Gasteiger partial charge in [0.25, 0.3) is 0 Å². The van der Waals surface area contributed by atoms with Crippen molar-refractivity contribution in [3.05, 3.63) is 60.2 Å². The Morgan fingerprint density at radius 1 is 1.08 bits per heavy atom. The van der Waals surface area contributed by atoms with E-state index < -0.39 is 5.97 Å². The summed E-state index contributed by atoms with van der Waals surface area (Å²) < 4.78 is 10.3. The molecule has 0 heterocycles. The molecule has 0 fully saturated rings.